The van der Waals surface area contributed by atoms with E-state index in [2.05, 4.69) is 30.5 Å². The summed E-state index contributed by atoms with van der Waals surface area (Å²) >= 11 is 0. The summed E-state index contributed by atoms with van der Waals surface area (Å²) in [6.45, 7) is 3.15. The molecule has 0 unspecified atom stereocenters. The lowest BCUT2D eigenvalue weighted by Crippen LogP contribution is -2.20. The molecule has 36 heavy (non-hydrogen) atoms. The third-order valence-corrected chi connectivity index (χ3v) is 6.02. The van der Waals surface area contributed by atoms with Crippen molar-refractivity contribution in [3.05, 3.63) is 60.2 Å². The van der Waals surface area contributed by atoms with Crippen LogP contribution in [0.1, 0.15) is 25.3 Å². The van der Waals surface area contributed by atoms with Crippen LogP contribution in [0.15, 0.2) is 48.8 Å². The number of amides is 1. The predicted octanol–water partition coefficient (Wildman–Crippen LogP) is 6.09. The molecule has 1 fully saturated rings. The molecule has 3 heterocycles. The maximum atomic E-state index is 14.2. The summed E-state index contributed by atoms with van der Waals surface area (Å²) in [5.74, 6) is -0.901. The van der Waals surface area contributed by atoms with Gasteiger partial charge >= 0.3 is 6.18 Å². The van der Waals surface area contributed by atoms with Crippen LogP contribution in [-0.4, -0.2) is 33.9 Å². The lowest BCUT2D eigenvalue weighted by molar-refractivity contribution is -0.137. The number of H-pyrrole nitrogens is 1. The third-order valence-electron chi connectivity index (χ3n) is 6.02. The van der Waals surface area contributed by atoms with Crippen molar-refractivity contribution in [2.24, 2.45) is 0 Å². The summed E-state index contributed by atoms with van der Waals surface area (Å²) in [5, 5.41) is 6.02. The number of nitrogens with one attached hydrogen (secondary N) is 3. The van der Waals surface area contributed by atoms with E-state index in [0.29, 0.717) is 17.6 Å². The van der Waals surface area contributed by atoms with E-state index in [1.807, 2.05) is 6.07 Å². The fourth-order valence-corrected chi connectivity index (χ4v) is 4.43. The second-order valence-corrected chi connectivity index (χ2v) is 8.55. The number of para-hydroxylation sites is 1. The smallest absolute Gasteiger partial charge is 0.370 e. The number of halogens is 4. The molecule has 3 N–H and O–H groups in total. The van der Waals surface area contributed by atoms with Crippen LogP contribution < -0.4 is 15.5 Å². The zero-order valence-electron chi connectivity index (χ0n) is 19.2. The number of alkyl halides is 3. The lowest BCUT2D eigenvalue weighted by Gasteiger charge is -2.22. The Bertz CT molecular complexity index is 1440. The molecule has 2 aromatic carbocycles. The van der Waals surface area contributed by atoms with Crippen molar-refractivity contribution in [1.29, 1.82) is 0 Å². The van der Waals surface area contributed by atoms with Gasteiger partial charge in [-0.1, -0.05) is 12.1 Å². The first-order valence-electron chi connectivity index (χ1n) is 11.3. The molecule has 2 aromatic heterocycles. The topological polar surface area (TPSA) is 85.9 Å². The van der Waals surface area contributed by atoms with Crippen molar-refractivity contribution in [2.75, 3.05) is 28.6 Å². The summed E-state index contributed by atoms with van der Waals surface area (Å²) in [7, 11) is 0. The minimum Gasteiger partial charge on any atom is -0.370 e. The number of hydrogen-bond acceptors (Lipinski definition) is 5. The van der Waals surface area contributed by atoms with Gasteiger partial charge < -0.3 is 20.5 Å². The molecule has 1 aliphatic rings. The summed E-state index contributed by atoms with van der Waals surface area (Å²) < 4.78 is 55.6. The van der Waals surface area contributed by atoms with Gasteiger partial charge in [0.1, 0.15) is 11.4 Å². The third kappa shape index (κ3) is 4.56. The molecule has 7 nitrogen and oxygen atoms in total. The van der Waals surface area contributed by atoms with Crippen molar-refractivity contribution in [3.63, 3.8) is 0 Å². The van der Waals surface area contributed by atoms with Gasteiger partial charge in [-0.3, -0.25) is 4.79 Å². The summed E-state index contributed by atoms with van der Waals surface area (Å²) in [4.78, 5) is 24.7. The van der Waals surface area contributed by atoms with Gasteiger partial charge in [0.05, 0.1) is 22.6 Å². The lowest BCUT2D eigenvalue weighted by atomic mass is 10.1. The van der Waals surface area contributed by atoms with E-state index in [9.17, 15) is 22.4 Å². The first kappa shape index (κ1) is 23.6. The SMILES string of the molecule is CC(=O)Nc1cc(Nc2ncc(C(F)(F)F)c(-c3c[nH]c4c(F)cccc34)n2)ccc1N1CCCC1. The van der Waals surface area contributed by atoms with E-state index in [1.165, 1.54) is 31.3 Å². The van der Waals surface area contributed by atoms with E-state index in [0.717, 1.165) is 31.6 Å². The van der Waals surface area contributed by atoms with Crippen LogP contribution in [0, 0.1) is 5.82 Å². The minimum absolute atomic E-state index is 0.0774. The van der Waals surface area contributed by atoms with Crippen molar-refractivity contribution < 1.29 is 22.4 Å². The van der Waals surface area contributed by atoms with Crippen LogP contribution in [0.4, 0.5) is 40.6 Å². The largest absolute Gasteiger partial charge is 0.419 e. The van der Waals surface area contributed by atoms with Crippen molar-refractivity contribution in [3.8, 4) is 11.3 Å². The summed E-state index contributed by atoms with van der Waals surface area (Å²) in [6.07, 6.45) is -0.607. The molecule has 0 spiro atoms. The average molecular weight is 498 g/mol. The van der Waals surface area contributed by atoms with Crippen molar-refractivity contribution in [1.82, 2.24) is 15.0 Å². The quantitative estimate of drug-likeness (QED) is 0.290. The summed E-state index contributed by atoms with van der Waals surface area (Å²) in [5.41, 5.74) is 0.694. The van der Waals surface area contributed by atoms with Crippen LogP contribution in [0.3, 0.4) is 0 Å². The molecular weight excluding hydrogens is 476 g/mol. The predicted molar refractivity (Wildman–Crippen MR) is 130 cm³/mol. The highest BCUT2D eigenvalue weighted by Gasteiger charge is 2.36. The normalized spacial score (nSPS) is 13.9. The number of benzene rings is 2. The standard InChI is InChI=1S/C25H22F4N6O/c1-14(36)32-20-11-15(7-8-21(20)35-9-2-3-10-35)33-24-31-13-18(25(27,28)29)22(34-24)17-12-30-23-16(17)5-4-6-19(23)26/h4-8,11-13,30H,2-3,9-10H2,1H3,(H,32,36)(H,31,33,34). The zero-order chi connectivity index (χ0) is 25.4. The fourth-order valence-electron chi connectivity index (χ4n) is 4.43. The van der Waals surface area contributed by atoms with Crippen LogP contribution in [0.5, 0.6) is 0 Å². The molecule has 0 radical (unpaired) electrons. The van der Waals surface area contributed by atoms with Crippen LogP contribution in [0.2, 0.25) is 0 Å². The van der Waals surface area contributed by atoms with Crippen LogP contribution in [0.25, 0.3) is 22.2 Å². The molecule has 0 atom stereocenters. The molecule has 0 aliphatic carbocycles. The van der Waals surface area contributed by atoms with E-state index < -0.39 is 17.6 Å². The van der Waals surface area contributed by atoms with E-state index in [4.69, 9.17) is 0 Å². The second-order valence-electron chi connectivity index (χ2n) is 8.55. The Morgan fingerprint density at radius 3 is 2.64 bits per heavy atom. The number of fused-ring (bicyclic) bond motifs is 1. The Balaban J connectivity index is 1.55. The highest BCUT2D eigenvalue weighted by Crippen LogP contribution is 2.39. The van der Waals surface area contributed by atoms with Gasteiger partial charge in [0.2, 0.25) is 11.9 Å². The van der Waals surface area contributed by atoms with Gasteiger partial charge in [-0.05, 0) is 37.1 Å². The number of carbonyl (C=O) groups is 1. The number of rotatable bonds is 5. The van der Waals surface area contributed by atoms with Gasteiger partial charge in [0, 0.05) is 49.0 Å². The van der Waals surface area contributed by atoms with Gasteiger partial charge in [0.15, 0.2) is 0 Å². The highest BCUT2D eigenvalue weighted by atomic mass is 19.4. The Hall–Kier alpha value is -4.15. The fraction of sp³-hybridized carbons (Fsp3) is 0.240. The molecule has 1 saturated heterocycles. The highest BCUT2D eigenvalue weighted by molar-refractivity contribution is 5.96. The number of anilines is 4. The number of hydrogen-bond donors (Lipinski definition) is 3. The Morgan fingerprint density at radius 2 is 1.92 bits per heavy atom. The van der Waals surface area contributed by atoms with Gasteiger partial charge in [-0.25, -0.2) is 14.4 Å². The molecule has 0 bridgehead atoms. The van der Waals surface area contributed by atoms with Crippen molar-refractivity contribution in [2.45, 2.75) is 25.9 Å². The Kier molecular flexibility index (Phi) is 5.99. The second kappa shape index (κ2) is 9.14. The number of carbonyl (C=O) groups excluding carboxylic acids is 1. The first-order chi connectivity index (χ1) is 17.2. The van der Waals surface area contributed by atoms with Crippen molar-refractivity contribution >= 4 is 39.8 Å². The van der Waals surface area contributed by atoms with E-state index >= 15 is 0 Å². The minimum atomic E-state index is -4.72. The zero-order valence-corrected chi connectivity index (χ0v) is 19.2. The number of aromatic nitrogens is 3. The maximum absolute atomic E-state index is 14.2. The summed E-state index contributed by atoms with van der Waals surface area (Å²) in [6, 6.07) is 9.45. The molecule has 11 heteroatoms. The van der Waals surface area contributed by atoms with E-state index in [1.54, 1.807) is 12.1 Å². The molecule has 1 amide bonds. The molecule has 1 aliphatic heterocycles. The molecule has 0 saturated carbocycles. The van der Waals surface area contributed by atoms with Gasteiger partial charge in [-0.15, -0.1) is 0 Å². The maximum Gasteiger partial charge on any atom is 0.419 e. The first-order valence-corrected chi connectivity index (χ1v) is 11.3. The molecule has 5 rings (SSSR count). The monoisotopic (exact) mass is 498 g/mol. The molecular formula is C25H22F4N6O. The average Bonchev–Trinajstić information content (AvgIpc) is 3.49. The van der Waals surface area contributed by atoms with E-state index in [-0.39, 0.29) is 34.0 Å². The number of aromatic amines is 1. The van der Waals surface area contributed by atoms with Crippen LogP contribution in [-0.2, 0) is 11.0 Å². The van der Waals surface area contributed by atoms with Gasteiger partial charge in [-0.2, -0.15) is 13.2 Å². The number of nitrogens with zero attached hydrogens (tertiary/aromatic N) is 3. The Morgan fingerprint density at radius 1 is 1.14 bits per heavy atom. The van der Waals surface area contributed by atoms with Crippen LogP contribution >= 0.6 is 0 Å². The Labute approximate surface area is 203 Å². The van der Waals surface area contributed by atoms with Gasteiger partial charge in [0.25, 0.3) is 0 Å². The molecule has 4 aromatic rings. The molecule has 186 valence electrons.